The number of ether oxygens (including phenoxy) is 1. The summed E-state index contributed by atoms with van der Waals surface area (Å²) >= 11 is 0. The van der Waals surface area contributed by atoms with Gasteiger partial charge in [0.25, 0.3) is 0 Å². The molecule has 3 rings (SSSR count). The Morgan fingerprint density at radius 1 is 0.654 bits per heavy atom. The normalized spacial score (nSPS) is 13.3. The third-order valence-electron chi connectivity index (χ3n) is 4.60. The molecule has 0 amide bonds. The summed E-state index contributed by atoms with van der Waals surface area (Å²) in [5.41, 5.74) is 3.45. The first-order valence-corrected chi connectivity index (χ1v) is 9.26. The van der Waals surface area contributed by atoms with Crippen LogP contribution in [0.4, 0.5) is 0 Å². The van der Waals surface area contributed by atoms with Crippen LogP contribution in [0.2, 0.25) is 0 Å². The van der Waals surface area contributed by atoms with Crippen LogP contribution in [-0.2, 0) is 11.2 Å². The van der Waals surface area contributed by atoms with Crippen molar-refractivity contribution < 1.29 is 9.84 Å². The van der Waals surface area contributed by atoms with Gasteiger partial charge in [0, 0.05) is 6.42 Å². The first-order valence-electron chi connectivity index (χ1n) is 9.26. The van der Waals surface area contributed by atoms with E-state index in [1.54, 1.807) is 0 Å². The molecule has 2 nitrogen and oxygen atoms in total. The average Bonchev–Trinajstić information content (AvgIpc) is 2.72. The van der Waals surface area contributed by atoms with E-state index in [9.17, 15) is 5.11 Å². The quantitative estimate of drug-likeness (QED) is 0.554. The van der Waals surface area contributed by atoms with Gasteiger partial charge < -0.3 is 9.84 Å². The van der Waals surface area contributed by atoms with Gasteiger partial charge in [-0.05, 0) is 29.5 Å². The number of benzene rings is 3. The second-order valence-electron chi connectivity index (χ2n) is 6.51. The van der Waals surface area contributed by atoms with E-state index >= 15 is 0 Å². The van der Waals surface area contributed by atoms with Crippen LogP contribution in [0.5, 0.6) is 0 Å². The molecular weight excluding hydrogens is 320 g/mol. The fourth-order valence-corrected chi connectivity index (χ4v) is 3.12. The van der Waals surface area contributed by atoms with Crippen molar-refractivity contribution in [2.45, 2.75) is 31.5 Å². The molecule has 0 aliphatic heterocycles. The maximum atomic E-state index is 10.3. The molecule has 3 aromatic carbocycles. The average molecular weight is 346 g/mol. The van der Waals surface area contributed by atoms with Crippen LogP contribution in [-0.4, -0.2) is 11.7 Å². The number of hydrogen-bond acceptors (Lipinski definition) is 2. The highest BCUT2D eigenvalue weighted by atomic mass is 16.5. The second kappa shape index (κ2) is 9.91. The van der Waals surface area contributed by atoms with Crippen LogP contribution in [0.15, 0.2) is 91.0 Å². The molecule has 134 valence electrons. The summed E-state index contributed by atoms with van der Waals surface area (Å²) < 4.78 is 6.18. The van der Waals surface area contributed by atoms with Crippen LogP contribution < -0.4 is 0 Å². The summed E-state index contributed by atoms with van der Waals surface area (Å²) in [6.07, 6.45) is 2.05. The van der Waals surface area contributed by atoms with E-state index in [0.29, 0.717) is 13.0 Å². The zero-order chi connectivity index (χ0) is 18.0. The molecular formula is C24H26O2. The van der Waals surface area contributed by atoms with E-state index in [2.05, 4.69) is 36.4 Å². The third-order valence-corrected chi connectivity index (χ3v) is 4.60. The fraction of sp³-hybridized carbons (Fsp3) is 0.250. The standard InChI is InChI=1S/C24H26O2/c25-23(21-12-6-2-7-13-21)18-19-26-24(22-14-8-3-9-15-22)17-16-20-10-4-1-5-11-20/h1-15,23-25H,16-19H2. The minimum Gasteiger partial charge on any atom is -0.388 e. The van der Waals surface area contributed by atoms with E-state index in [1.165, 1.54) is 11.1 Å². The van der Waals surface area contributed by atoms with Gasteiger partial charge in [0.05, 0.1) is 18.8 Å². The van der Waals surface area contributed by atoms with Gasteiger partial charge in [-0.1, -0.05) is 91.0 Å². The summed E-state index contributed by atoms with van der Waals surface area (Å²) in [6.45, 7) is 0.532. The highest BCUT2D eigenvalue weighted by Crippen LogP contribution is 2.25. The highest BCUT2D eigenvalue weighted by molar-refractivity contribution is 5.20. The fourth-order valence-electron chi connectivity index (χ4n) is 3.12. The number of aryl methyl sites for hydroxylation is 1. The zero-order valence-corrected chi connectivity index (χ0v) is 15.0. The predicted octanol–water partition coefficient (Wildman–Crippen LogP) is 5.50. The number of aliphatic hydroxyl groups excluding tert-OH is 1. The van der Waals surface area contributed by atoms with Gasteiger partial charge in [0.15, 0.2) is 0 Å². The smallest absolute Gasteiger partial charge is 0.0828 e. The predicted molar refractivity (Wildman–Crippen MR) is 106 cm³/mol. The van der Waals surface area contributed by atoms with Crippen LogP contribution in [0.1, 0.15) is 41.7 Å². The van der Waals surface area contributed by atoms with Gasteiger partial charge in [-0.3, -0.25) is 0 Å². The molecule has 2 atom stereocenters. The second-order valence-corrected chi connectivity index (χ2v) is 6.51. The maximum Gasteiger partial charge on any atom is 0.0828 e. The molecule has 0 aliphatic rings. The lowest BCUT2D eigenvalue weighted by Gasteiger charge is -2.20. The minimum absolute atomic E-state index is 0.0411. The van der Waals surface area contributed by atoms with Crippen molar-refractivity contribution in [3.8, 4) is 0 Å². The lowest BCUT2D eigenvalue weighted by atomic mass is 10.0. The van der Waals surface area contributed by atoms with Gasteiger partial charge in [0.1, 0.15) is 0 Å². The Balaban J connectivity index is 1.57. The van der Waals surface area contributed by atoms with Crippen LogP contribution in [0.25, 0.3) is 0 Å². The van der Waals surface area contributed by atoms with E-state index in [4.69, 9.17) is 4.74 Å². The van der Waals surface area contributed by atoms with E-state index in [1.807, 2.05) is 54.6 Å². The first-order chi connectivity index (χ1) is 12.8. The molecule has 0 aromatic heterocycles. The van der Waals surface area contributed by atoms with Gasteiger partial charge >= 0.3 is 0 Å². The summed E-state index contributed by atoms with van der Waals surface area (Å²) in [7, 11) is 0. The zero-order valence-electron chi connectivity index (χ0n) is 15.0. The molecule has 1 N–H and O–H groups in total. The molecule has 0 aliphatic carbocycles. The Labute approximate surface area is 156 Å². The van der Waals surface area contributed by atoms with Crippen molar-refractivity contribution in [3.05, 3.63) is 108 Å². The molecule has 3 aromatic rings. The van der Waals surface area contributed by atoms with Crippen LogP contribution in [0.3, 0.4) is 0 Å². The molecule has 0 fully saturated rings. The monoisotopic (exact) mass is 346 g/mol. The topological polar surface area (TPSA) is 29.5 Å². The van der Waals surface area contributed by atoms with E-state index in [-0.39, 0.29) is 6.10 Å². The van der Waals surface area contributed by atoms with Crippen molar-refractivity contribution in [1.82, 2.24) is 0 Å². The molecule has 0 saturated carbocycles. The summed E-state index contributed by atoms with van der Waals surface area (Å²) in [5.74, 6) is 0. The molecule has 2 heteroatoms. The Hall–Kier alpha value is -2.42. The molecule has 0 bridgehead atoms. The Morgan fingerprint density at radius 2 is 1.19 bits per heavy atom. The van der Waals surface area contributed by atoms with Crippen molar-refractivity contribution >= 4 is 0 Å². The van der Waals surface area contributed by atoms with Crippen LogP contribution in [0, 0.1) is 0 Å². The number of rotatable bonds is 9. The molecule has 0 radical (unpaired) electrons. The number of hydrogen-bond donors (Lipinski definition) is 1. The number of aliphatic hydroxyl groups is 1. The highest BCUT2D eigenvalue weighted by Gasteiger charge is 2.14. The van der Waals surface area contributed by atoms with Crippen molar-refractivity contribution in [3.63, 3.8) is 0 Å². The largest absolute Gasteiger partial charge is 0.388 e. The van der Waals surface area contributed by atoms with Gasteiger partial charge in [-0.2, -0.15) is 0 Å². The molecule has 2 unspecified atom stereocenters. The van der Waals surface area contributed by atoms with Gasteiger partial charge in [-0.15, -0.1) is 0 Å². The molecule has 0 heterocycles. The summed E-state index contributed by atoms with van der Waals surface area (Å²) in [6, 6.07) is 30.6. The Bertz CT molecular complexity index is 741. The van der Waals surface area contributed by atoms with E-state index < -0.39 is 6.10 Å². The Kier molecular flexibility index (Phi) is 7.00. The third kappa shape index (κ3) is 5.55. The first kappa shape index (κ1) is 18.4. The van der Waals surface area contributed by atoms with Gasteiger partial charge in [-0.25, -0.2) is 0 Å². The summed E-state index contributed by atoms with van der Waals surface area (Å²) in [5, 5.41) is 10.3. The lowest BCUT2D eigenvalue weighted by Crippen LogP contribution is -2.10. The molecule has 0 saturated heterocycles. The maximum absolute atomic E-state index is 10.3. The molecule has 0 spiro atoms. The van der Waals surface area contributed by atoms with Crippen molar-refractivity contribution in [2.24, 2.45) is 0 Å². The summed E-state index contributed by atoms with van der Waals surface area (Å²) in [4.78, 5) is 0. The van der Waals surface area contributed by atoms with Crippen molar-refractivity contribution in [1.29, 1.82) is 0 Å². The lowest BCUT2D eigenvalue weighted by molar-refractivity contribution is 0.0225. The Morgan fingerprint density at radius 3 is 1.81 bits per heavy atom. The van der Waals surface area contributed by atoms with E-state index in [0.717, 1.165) is 18.4 Å². The minimum atomic E-state index is -0.484. The van der Waals surface area contributed by atoms with Crippen molar-refractivity contribution in [2.75, 3.05) is 6.61 Å². The SMILES string of the molecule is OC(CCOC(CCc1ccccc1)c1ccccc1)c1ccccc1. The van der Waals surface area contributed by atoms with Crippen LogP contribution >= 0.6 is 0 Å². The molecule has 26 heavy (non-hydrogen) atoms. The van der Waals surface area contributed by atoms with Gasteiger partial charge in [0.2, 0.25) is 0 Å².